The maximum atomic E-state index is 12.4. The average molecular weight is 436 g/mol. The summed E-state index contributed by atoms with van der Waals surface area (Å²) in [7, 11) is 0. The monoisotopic (exact) mass is 434 g/mol. The summed E-state index contributed by atoms with van der Waals surface area (Å²) in [5.41, 5.74) is 0.904. The molecule has 0 radical (unpaired) electrons. The molecular formula is C18H28BrClN2O3. The van der Waals surface area contributed by atoms with Gasteiger partial charge in [0.2, 0.25) is 5.91 Å². The van der Waals surface area contributed by atoms with Gasteiger partial charge in [0.25, 0.3) is 0 Å². The van der Waals surface area contributed by atoms with Crippen LogP contribution in [0, 0.1) is 0 Å². The number of hydrogen-bond donors (Lipinski definition) is 2. The highest BCUT2D eigenvalue weighted by Gasteiger charge is 2.21. The van der Waals surface area contributed by atoms with Crippen LogP contribution in [0.3, 0.4) is 0 Å². The zero-order valence-corrected chi connectivity index (χ0v) is 17.5. The lowest BCUT2D eigenvalue weighted by Crippen LogP contribution is -2.46. The first-order valence-corrected chi connectivity index (χ1v) is 9.43. The molecule has 2 atom stereocenters. The number of rotatable bonds is 7. The first-order chi connectivity index (χ1) is 11.5. The van der Waals surface area contributed by atoms with Gasteiger partial charge in [-0.1, -0.05) is 15.9 Å². The van der Waals surface area contributed by atoms with Crippen molar-refractivity contribution in [3.63, 3.8) is 0 Å². The molecule has 1 aliphatic heterocycles. The van der Waals surface area contributed by atoms with E-state index in [0.717, 1.165) is 29.4 Å². The van der Waals surface area contributed by atoms with E-state index in [1.54, 1.807) is 0 Å². The minimum Gasteiger partial charge on any atom is -0.490 e. The third-order valence-electron chi connectivity index (χ3n) is 4.05. The molecule has 5 nitrogen and oxygen atoms in total. The number of benzene rings is 1. The average Bonchev–Trinajstić information content (AvgIpc) is 2.52. The number of amides is 1. The van der Waals surface area contributed by atoms with Crippen molar-refractivity contribution in [2.75, 3.05) is 19.8 Å². The summed E-state index contributed by atoms with van der Waals surface area (Å²) in [6.07, 6.45) is 2.27. The molecule has 1 aliphatic rings. The normalized spacial score (nSPS) is 19.7. The van der Waals surface area contributed by atoms with Gasteiger partial charge in [0, 0.05) is 16.6 Å². The highest BCUT2D eigenvalue weighted by Crippen LogP contribution is 2.34. The van der Waals surface area contributed by atoms with Gasteiger partial charge >= 0.3 is 0 Å². The standard InChI is InChI=1S/C18H27BrN2O3.ClH/c1-4-23-16-9-13(15(19)11-17(16)24-5-2)10-18(22)21-14-6-7-20-12(3)8-14;/h9,11-12,14,20H,4-8,10H2,1-3H3,(H,21,22);1H. The predicted octanol–water partition coefficient (Wildman–Crippen LogP) is 3.47. The van der Waals surface area contributed by atoms with Crippen LogP contribution in [-0.4, -0.2) is 37.7 Å². The van der Waals surface area contributed by atoms with Crippen LogP contribution in [0.1, 0.15) is 39.2 Å². The largest absolute Gasteiger partial charge is 0.490 e. The molecule has 142 valence electrons. The van der Waals surface area contributed by atoms with Gasteiger partial charge < -0.3 is 20.1 Å². The number of halogens is 2. The van der Waals surface area contributed by atoms with Crippen molar-refractivity contribution in [3.8, 4) is 11.5 Å². The minimum absolute atomic E-state index is 0. The SMILES string of the molecule is CCOc1cc(Br)c(CC(=O)NC2CCNC(C)C2)cc1OCC.Cl. The Morgan fingerprint density at radius 1 is 1.28 bits per heavy atom. The van der Waals surface area contributed by atoms with Crippen LogP contribution < -0.4 is 20.1 Å². The maximum Gasteiger partial charge on any atom is 0.224 e. The van der Waals surface area contributed by atoms with Crippen LogP contribution >= 0.6 is 28.3 Å². The smallest absolute Gasteiger partial charge is 0.224 e. The predicted molar refractivity (Wildman–Crippen MR) is 106 cm³/mol. The number of piperidine rings is 1. The molecule has 1 heterocycles. The molecule has 1 fully saturated rings. The van der Waals surface area contributed by atoms with E-state index in [1.807, 2.05) is 26.0 Å². The molecule has 25 heavy (non-hydrogen) atoms. The lowest BCUT2D eigenvalue weighted by atomic mass is 10.0. The summed E-state index contributed by atoms with van der Waals surface area (Å²) in [5.74, 6) is 1.42. The van der Waals surface area contributed by atoms with Crippen molar-refractivity contribution < 1.29 is 14.3 Å². The first kappa shape index (κ1) is 22.1. The molecule has 7 heteroatoms. The van der Waals surface area contributed by atoms with Gasteiger partial charge in [0.15, 0.2) is 11.5 Å². The van der Waals surface area contributed by atoms with E-state index in [1.165, 1.54) is 0 Å². The number of hydrogen-bond acceptors (Lipinski definition) is 4. The van der Waals surface area contributed by atoms with Gasteiger partial charge in [0.05, 0.1) is 19.6 Å². The number of carbonyl (C=O) groups is 1. The molecule has 2 unspecified atom stereocenters. The van der Waals surface area contributed by atoms with Gasteiger partial charge in [-0.3, -0.25) is 4.79 Å². The van der Waals surface area contributed by atoms with Gasteiger partial charge in [-0.2, -0.15) is 0 Å². The van der Waals surface area contributed by atoms with E-state index in [2.05, 4.69) is 33.5 Å². The molecule has 0 aliphatic carbocycles. The summed E-state index contributed by atoms with van der Waals surface area (Å²) < 4.78 is 12.1. The number of nitrogens with one attached hydrogen (secondary N) is 2. The van der Waals surface area contributed by atoms with Crippen LogP contribution in [0.4, 0.5) is 0 Å². The van der Waals surface area contributed by atoms with E-state index in [4.69, 9.17) is 9.47 Å². The lowest BCUT2D eigenvalue weighted by Gasteiger charge is -2.28. The summed E-state index contributed by atoms with van der Waals surface area (Å²) in [4.78, 5) is 12.4. The Kier molecular flexibility index (Phi) is 9.61. The second-order valence-corrected chi connectivity index (χ2v) is 6.93. The Morgan fingerprint density at radius 3 is 2.52 bits per heavy atom. The minimum atomic E-state index is 0. The van der Waals surface area contributed by atoms with Crippen molar-refractivity contribution in [3.05, 3.63) is 22.2 Å². The van der Waals surface area contributed by atoms with Crippen molar-refractivity contribution in [1.82, 2.24) is 10.6 Å². The van der Waals surface area contributed by atoms with Crippen molar-refractivity contribution in [2.45, 2.75) is 52.1 Å². The quantitative estimate of drug-likeness (QED) is 0.688. The van der Waals surface area contributed by atoms with Crippen molar-refractivity contribution in [2.24, 2.45) is 0 Å². The second kappa shape index (κ2) is 10.9. The summed E-state index contributed by atoms with van der Waals surface area (Å²) in [5, 5.41) is 6.54. The van der Waals surface area contributed by atoms with Crippen LogP contribution in [0.2, 0.25) is 0 Å². The Morgan fingerprint density at radius 2 is 1.92 bits per heavy atom. The third kappa shape index (κ3) is 6.68. The molecule has 0 aromatic heterocycles. The van der Waals surface area contributed by atoms with Gasteiger partial charge in [0.1, 0.15) is 0 Å². The summed E-state index contributed by atoms with van der Waals surface area (Å²) >= 11 is 3.54. The molecule has 0 spiro atoms. The van der Waals surface area contributed by atoms with Crippen LogP contribution in [0.25, 0.3) is 0 Å². The molecule has 2 rings (SSSR count). The molecule has 2 N–H and O–H groups in total. The highest BCUT2D eigenvalue weighted by atomic mass is 79.9. The molecule has 0 saturated carbocycles. The Bertz CT molecular complexity index is 571. The molecule has 1 aromatic carbocycles. The maximum absolute atomic E-state index is 12.4. The second-order valence-electron chi connectivity index (χ2n) is 6.08. The summed E-state index contributed by atoms with van der Waals surface area (Å²) in [6.45, 7) is 8.09. The van der Waals surface area contributed by atoms with Crippen LogP contribution in [0.15, 0.2) is 16.6 Å². The van der Waals surface area contributed by atoms with Gasteiger partial charge in [-0.05, 0) is 57.9 Å². The van der Waals surface area contributed by atoms with Crippen LogP contribution in [-0.2, 0) is 11.2 Å². The molecule has 1 saturated heterocycles. The zero-order chi connectivity index (χ0) is 17.5. The summed E-state index contributed by atoms with van der Waals surface area (Å²) in [6, 6.07) is 4.47. The zero-order valence-electron chi connectivity index (χ0n) is 15.1. The topological polar surface area (TPSA) is 59.6 Å². The fourth-order valence-electron chi connectivity index (χ4n) is 2.96. The number of ether oxygens (including phenoxy) is 2. The highest BCUT2D eigenvalue weighted by molar-refractivity contribution is 9.10. The Labute approximate surface area is 164 Å². The molecule has 0 bridgehead atoms. The van der Waals surface area contributed by atoms with E-state index >= 15 is 0 Å². The number of carbonyl (C=O) groups excluding carboxylic acids is 1. The van der Waals surface area contributed by atoms with Gasteiger partial charge in [-0.25, -0.2) is 0 Å². The molecular weight excluding hydrogens is 408 g/mol. The molecule has 1 aromatic rings. The van der Waals surface area contributed by atoms with E-state index < -0.39 is 0 Å². The first-order valence-electron chi connectivity index (χ1n) is 8.64. The van der Waals surface area contributed by atoms with E-state index in [-0.39, 0.29) is 24.4 Å². The van der Waals surface area contributed by atoms with Gasteiger partial charge in [-0.15, -0.1) is 12.4 Å². The fourth-order valence-corrected chi connectivity index (χ4v) is 3.43. The Hall–Kier alpha value is -0.980. The van der Waals surface area contributed by atoms with Crippen LogP contribution in [0.5, 0.6) is 11.5 Å². The molecule has 1 amide bonds. The van der Waals surface area contributed by atoms with E-state index in [9.17, 15) is 4.79 Å². The third-order valence-corrected chi connectivity index (χ3v) is 4.79. The fraction of sp³-hybridized carbons (Fsp3) is 0.611. The Balaban J connectivity index is 0.00000312. The van der Waals surface area contributed by atoms with Crippen molar-refractivity contribution >= 4 is 34.2 Å². The van der Waals surface area contributed by atoms with Crippen molar-refractivity contribution in [1.29, 1.82) is 0 Å². The lowest BCUT2D eigenvalue weighted by molar-refractivity contribution is -0.121. The van der Waals surface area contributed by atoms with E-state index in [0.29, 0.717) is 37.2 Å².